The number of H-pyrrole nitrogens is 1. The Bertz CT molecular complexity index is 1440. The SMILES string of the molecule is CCOC(=O)[C@H](NC(=O)OCc1ccccc1)[C@@H](OC(C)=O)[C@H]1O[C@H](n2ccc(=O)[nH]c2=O)[C@H](OC(C)=O)[C@@H]1OC(C)=O. The number of hydrogen-bond donors (Lipinski definition) is 2. The van der Waals surface area contributed by atoms with E-state index in [2.05, 4.69) is 5.32 Å². The summed E-state index contributed by atoms with van der Waals surface area (Å²) < 4.78 is 33.3. The van der Waals surface area contributed by atoms with Gasteiger partial charge in [0.25, 0.3) is 5.56 Å². The number of esters is 4. The smallest absolute Gasteiger partial charge is 0.408 e. The molecule has 1 fully saturated rings. The third-order valence-corrected chi connectivity index (χ3v) is 5.94. The van der Waals surface area contributed by atoms with E-state index in [4.69, 9.17) is 28.4 Å². The van der Waals surface area contributed by atoms with Crippen molar-refractivity contribution in [1.29, 1.82) is 0 Å². The van der Waals surface area contributed by atoms with Crippen molar-refractivity contribution in [2.45, 2.75) is 71.0 Å². The Balaban J connectivity index is 2.06. The number of ether oxygens (including phenoxy) is 6. The van der Waals surface area contributed by atoms with Crippen molar-refractivity contribution in [1.82, 2.24) is 14.9 Å². The summed E-state index contributed by atoms with van der Waals surface area (Å²) in [5, 5.41) is 2.30. The lowest BCUT2D eigenvalue weighted by atomic mass is 9.98. The molecule has 6 atom stereocenters. The highest BCUT2D eigenvalue weighted by Crippen LogP contribution is 2.36. The lowest BCUT2D eigenvalue weighted by molar-refractivity contribution is -0.176. The lowest BCUT2D eigenvalue weighted by Crippen LogP contribution is -2.58. The minimum absolute atomic E-state index is 0.146. The first-order valence-electron chi connectivity index (χ1n) is 13.0. The zero-order valence-electron chi connectivity index (χ0n) is 23.7. The van der Waals surface area contributed by atoms with Crippen molar-refractivity contribution in [2.75, 3.05) is 6.61 Å². The fourth-order valence-electron chi connectivity index (χ4n) is 4.34. The Morgan fingerprint density at radius 3 is 2.16 bits per heavy atom. The fourth-order valence-corrected chi connectivity index (χ4v) is 4.34. The molecule has 1 aliphatic rings. The second kappa shape index (κ2) is 14.8. The standard InChI is InChI=1S/C27H31N3O13/c1-5-38-25(35)19(29-27(37)39-13-17-9-7-6-8-10-17)20(40-14(2)31)21-22(41-15(3)32)23(42-16(4)33)24(43-21)30-12-11-18(34)28-26(30)36/h6-12,19-24H,5,13H2,1-4H3,(H,29,37)(H,28,34,36)/t19-,20-,21-,22-,23-,24+/m1/s1. The summed E-state index contributed by atoms with van der Waals surface area (Å²) in [7, 11) is 0. The van der Waals surface area contributed by atoms with Crippen molar-refractivity contribution in [3.8, 4) is 0 Å². The Hall–Kier alpha value is -4.99. The van der Waals surface area contributed by atoms with Crippen LogP contribution in [-0.4, -0.2) is 76.6 Å². The molecule has 2 aromatic rings. The van der Waals surface area contributed by atoms with Gasteiger partial charge in [0, 0.05) is 33.0 Å². The number of nitrogens with one attached hydrogen (secondary N) is 2. The molecular formula is C27H31N3O13. The number of nitrogens with zero attached hydrogens (tertiary/aromatic N) is 1. The van der Waals surface area contributed by atoms with Gasteiger partial charge in [-0.3, -0.25) is 28.7 Å². The van der Waals surface area contributed by atoms with E-state index in [1.165, 1.54) is 6.92 Å². The number of aromatic amines is 1. The van der Waals surface area contributed by atoms with E-state index in [1.807, 2.05) is 4.98 Å². The number of benzene rings is 1. The second-order valence-electron chi connectivity index (χ2n) is 9.17. The monoisotopic (exact) mass is 605 g/mol. The van der Waals surface area contributed by atoms with Gasteiger partial charge in [-0.1, -0.05) is 30.3 Å². The van der Waals surface area contributed by atoms with Crippen LogP contribution in [0.2, 0.25) is 0 Å². The minimum atomic E-state index is -1.81. The van der Waals surface area contributed by atoms with Crippen LogP contribution >= 0.6 is 0 Å². The zero-order valence-corrected chi connectivity index (χ0v) is 23.7. The largest absolute Gasteiger partial charge is 0.464 e. The van der Waals surface area contributed by atoms with E-state index >= 15 is 0 Å². The highest BCUT2D eigenvalue weighted by molar-refractivity contribution is 5.82. The van der Waals surface area contributed by atoms with E-state index < -0.39 is 77.9 Å². The molecule has 0 aliphatic carbocycles. The maximum absolute atomic E-state index is 13.1. The number of alkyl carbamates (subject to hydrolysis) is 1. The molecule has 1 amide bonds. The van der Waals surface area contributed by atoms with Crippen LogP contribution in [0.4, 0.5) is 4.79 Å². The van der Waals surface area contributed by atoms with Gasteiger partial charge in [-0.15, -0.1) is 0 Å². The van der Waals surface area contributed by atoms with Gasteiger partial charge in [-0.2, -0.15) is 0 Å². The molecule has 0 saturated carbocycles. The average Bonchev–Trinajstić information content (AvgIpc) is 3.25. The van der Waals surface area contributed by atoms with Crippen LogP contribution in [0.25, 0.3) is 0 Å². The van der Waals surface area contributed by atoms with Crippen LogP contribution in [0.3, 0.4) is 0 Å². The number of hydrogen-bond acceptors (Lipinski definition) is 13. The second-order valence-corrected chi connectivity index (χ2v) is 9.17. The molecule has 1 aromatic carbocycles. The summed E-state index contributed by atoms with van der Waals surface area (Å²) in [6, 6.07) is 7.79. The molecule has 0 bridgehead atoms. The van der Waals surface area contributed by atoms with Crippen LogP contribution in [0.5, 0.6) is 0 Å². The summed E-state index contributed by atoms with van der Waals surface area (Å²) in [4.78, 5) is 88.8. The first-order valence-corrected chi connectivity index (χ1v) is 13.0. The van der Waals surface area contributed by atoms with Crippen molar-refractivity contribution < 1.29 is 52.4 Å². The van der Waals surface area contributed by atoms with Gasteiger partial charge in [0.05, 0.1) is 6.61 Å². The lowest BCUT2D eigenvalue weighted by Gasteiger charge is -2.32. The fraction of sp³-hybridized carbons (Fsp3) is 0.444. The van der Waals surface area contributed by atoms with Gasteiger partial charge in [-0.25, -0.2) is 14.4 Å². The quantitative estimate of drug-likeness (QED) is 0.257. The summed E-state index contributed by atoms with van der Waals surface area (Å²) in [5.41, 5.74) is -1.09. The number of rotatable bonds is 11. The van der Waals surface area contributed by atoms with E-state index in [1.54, 1.807) is 30.3 Å². The topological polar surface area (TPSA) is 208 Å². The summed E-state index contributed by atoms with van der Waals surface area (Å²) in [5.74, 6) is -3.79. The first kappa shape index (κ1) is 32.5. The van der Waals surface area contributed by atoms with E-state index in [0.29, 0.717) is 5.56 Å². The Kier molecular flexibility index (Phi) is 11.2. The molecule has 3 rings (SSSR count). The molecule has 232 valence electrons. The third kappa shape index (κ3) is 8.75. The Morgan fingerprint density at radius 2 is 1.58 bits per heavy atom. The summed E-state index contributed by atoms with van der Waals surface area (Å²) in [6.07, 6.45) is -8.22. The molecule has 0 unspecified atom stereocenters. The molecule has 1 aromatic heterocycles. The molecule has 1 saturated heterocycles. The first-order chi connectivity index (χ1) is 20.4. The molecular weight excluding hydrogens is 574 g/mol. The molecule has 16 nitrogen and oxygen atoms in total. The summed E-state index contributed by atoms with van der Waals surface area (Å²) >= 11 is 0. The maximum Gasteiger partial charge on any atom is 0.408 e. The van der Waals surface area contributed by atoms with Crippen LogP contribution in [-0.2, 0) is 54.2 Å². The predicted molar refractivity (Wildman–Crippen MR) is 142 cm³/mol. The number of aromatic nitrogens is 2. The zero-order chi connectivity index (χ0) is 31.7. The van der Waals surface area contributed by atoms with Gasteiger partial charge in [0.15, 0.2) is 30.6 Å². The number of carbonyl (C=O) groups excluding carboxylic acids is 5. The normalized spacial score (nSPS) is 20.7. The highest BCUT2D eigenvalue weighted by atomic mass is 16.7. The highest BCUT2D eigenvalue weighted by Gasteiger charge is 2.57. The molecule has 2 N–H and O–H groups in total. The van der Waals surface area contributed by atoms with Gasteiger partial charge >= 0.3 is 35.7 Å². The van der Waals surface area contributed by atoms with Gasteiger partial charge in [0.1, 0.15) is 12.7 Å². The maximum atomic E-state index is 13.1. The van der Waals surface area contributed by atoms with Gasteiger partial charge < -0.3 is 33.7 Å². The van der Waals surface area contributed by atoms with Crippen LogP contribution in [0.1, 0.15) is 39.5 Å². The summed E-state index contributed by atoms with van der Waals surface area (Å²) in [6.45, 7) is 4.25. The average molecular weight is 606 g/mol. The van der Waals surface area contributed by atoms with E-state index in [9.17, 15) is 33.6 Å². The Morgan fingerprint density at radius 1 is 0.930 bits per heavy atom. The third-order valence-electron chi connectivity index (χ3n) is 5.94. The van der Waals surface area contributed by atoms with Crippen molar-refractivity contribution in [3.63, 3.8) is 0 Å². The minimum Gasteiger partial charge on any atom is -0.464 e. The molecule has 2 heterocycles. The van der Waals surface area contributed by atoms with Crippen LogP contribution < -0.4 is 16.6 Å². The number of carbonyl (C=O) groups is 5. The van der Waals surface area contributed by atoms with Gasteiger partial charge in [-0.05, 0) is 12.5 Å². The van der Waals surface area contributed by atoms with Crippen molar-refractivity contribution in [2.24, 2.45) is 0 Å². The van der Waals surface area contributed by atoms with Gasteiger partial charge in [0.2, 0.25) is 0 Å². The molecule has 43 heavy (non-hydrogen) atoms. The van der Waals surface area contributed by atoms with Crippen molar-refractivity contribution >= 4 is 30.0 Å². The molecule has 0 radical (unpaired) electrons. The Labute approximate surface area is 244 Å². The van der Waals surface area contributed by atoms with E-state index in [-0.39, 0.29) is 13.2 Å². The van der Waals surface area contributed by atoms with E-state index in [0.717, 1.165) is 37.6 Å². The van der Waals surface area contributed by atoms with Crippen LogP contribution in [0.15, 0.2) is 52.2 Å². The molecule has 0 spiro atoms. The molecule has 1 aliphatic heterocycles. The predicted octanol–water partition coefficient (Wildman–Crippen LogP) is 0.0872. The van der Waals surface area contributed by atoms with Crippen molar-refractivity contribution in [3.05, 3.63) is 69.0 Å². The molecule has 16 heteroatoms. The number of amides is 1. The van der Waals surface area contributed by atoms with Crippen LogP contribution in [0, 0.1) is 0 Å².